The summed E-state index contributed by atoms with van der Waals surface area (Å²) in [6, 6.07) is 0. The molecule has 0 aliphatic rings. The summed E-state index contributed by atoms with van der Waals surface area (Å²) < 4.78 is 5.32. The second-order valence-corrected chi connectivity index (χ2v) is 8.31. The molecule has 0 rings (SSSR count). The Hall–Kier alpha value is -0.500. The zero-order valence-electron chi connectivity index (χ0n) is 19.1. The molecule has 0 heterocycles. The Bertz CT molecular complexity index is 377. The molecule has 0 unspecified atom stereocenters. The number of rotatable bonds is 22. The molecular formula is C24H48O6. The molecule has 0 bridgehead atoms. The summed E-state index contributed by atoms with van der Waals surface area (Å²) in [5, 5.41) is 46.9. The van der Waals surface area contributed by atoms with Gasteiger partial charge in [-0.3, -0.25) is 0 Å². The summed E-state index contributed by atoms with van der Waals surface area (Å²) in [5.74, 6) is 0. The van der Waals surface area contributed by atoms with Crippen LogP contribution in [0.15, 0.2) is 12.2 Å². The van der Waals surface area contributed by atoms with Gasteiger partial charge in [0, 0.05) is 6.61 Å². The highest BCUT2D eigenvalue weighted by molar-refractivity contribution is 4.81. The fraction of sp³-hybridized carbons (Fsp3) is 0.917. The third-order valence-electron chi connectivity index (χ3n) is 5.41. The average Bonchev–Trinajstić information content (AvgIpc) is 2.76. The van der Waals surface area contributed by atoms with Crippen LogP contribution in [0.5, 0.6) is 0 Å². The van der Waals surface area contributed by atoms with Crippen molar-refractivity contribution in [3.8, 4) is 0 Å². The van der Waals surface area contributed by atoms with Crippen LogP contribution in [0.1, 0.15) is 96.8 Å². The van der Waals surface area contributed by atoms with Crippen LogP contribution in [0, 0.1) is 0 Å². The van der Waals surface area contributed by atoms with E-state index in [0.717, 1.165) is 19.3 Å². The predicted octanol–water partition coefficient (Wildman–Crippen LogP) is 3.48. The van der Waals surface area contributed by atoms with E-state index in [0.29, 0.717) is 6.61 Å². The van der Waals surface area contributed by atoms with E-state index >= 15 is 0 Å². The van der Waals surface area contributed by atoms with Crippen molar-refractivity contribution in [1.29, 1.82) is 0 Å². The van der Waals surface area contributed by atoms with Gasteiger partial charge in [0.25, 0.3) is 0 Å². The van der Waals surface area contributed by atoms with Crippen LogP contribution in [0.25, 0.3) is 0 Å². The van der Waals surface area contributed by atoms with Crippen molar-refractivity contribution in [1.82, 2.24) is 0 Å². The largest absolute Gasteiger partial charge is 0.394 e. The molecule has 0 aliphatic heterocycles. The quantitative estimate of drug-likeness (QED) is 0.132. The first-order valence-electron chi connectivity index (χ1n) is 12.1. The van der Waals surface area contributed by atoms with Crippen LogP contribution in [-0.4, -0.2) is 69.8 Å². The normalized spacial score (nSPS) is 16.1. The number of hydrogen-bond donors (Lipinski definition) is 5. The molecule has 0 fully saturated rings. The van der Waals surface area contributed by atoms with Crippen molar-refractivity contribution in [3.05, 3.63) is 12.2 Å². The van der Waals surface area contributed by atoms with Crippen molar-refractivity contribution in [2.75, 3.05) is 19.8 Å². The van der Waals surface area contributed by atoms with Gasteiger partial charge in [-0.05, 0) is 32.1 Å². The lowest BCUT2D eigenvalue weighted by Gasteiger charge is -2.25. The minimum atomic E-state index is -1.60. The Kier molecular flexibility index (Phi) is 21.4. The van der Waals surface area contributed by atoms with Gasteiger partial charge in [-0.15, -0.1) is 0 Å². The van der Waals surface area contributed by atoms with Crippen molar-refractivity contribution in [2.24, 2.45) is 0 Å². The van der Waals surface area contributed by atoms with Gasteiger partial charge in [0.2, 0.25) is 0 Å². The lowest BCUT2D eigenvalue weighted by molar-refractivity contribution is -0.129. The van der Waals surface area contributed by atoms with E-state index in [4.69, 9.17) is 9.84 Å². The minimum absolute atomic E-state index is 0.110. The highest BCUT2D eigenvalue weighted by Crippen LogP contribution is 2.10. The molecule has 0 aromatic carbocycles. The standard InChI is InChI=1S/C24H48O6/c1-2-3-4-5-6-7-8-9-10-11-12-13-14-15-16-17-18-30-20-22(27)24(29)23(28)21(26)19-25/h9-10,21-29H,2-8,11-20H2,1H3/t21-,22+,23-,24-/m1/s1. The Morgan fingerprint density at radius 3 is 1.63 bits per heavy atom. The number of aliphatic hydroxyl groups excluding tert-OH is 5. The van der Waals surface area contributed by atoms with Crippen LogP contribution in [0.3, 0.4) is 0 Å². The molecule has 0 radical (unpaired) electrons. The molecule has 0 spiro atoms. The van der Waals surface area contributed by atoms with Gasteiger partial charge < -0.3 is 30.3 Å². The van der Waals surface area contributed by atoms with E-state index in [1.165, 1.54) is 70.6 Å². The lowest BCUT2D eigenvalue weighted by Crippen LogP contribution is -2.47. The van der Waals surface area contributed by atoms with Gasteiger partial charge in [-0.25, -0.2) is 0 Å². The summed E-state index contributed by atoms with van der Waals surface area (Å²) in [6.45, 7) is 1.95. The first-order valence-corrected chi connectivity index (χ1v) is 12.1. The van der Waals surface area contributed by atoms with Crippen LogP contribution in [-0.2, 0) is 4.74 Å². The van der Waals surface area contributed by atoms with Crippen molar-refractivity contribution >= 4 is 0 Å². The minimum Gasteiger partial charge on any atom is -0.394 e. The number of unbranched alkanes of at least 4 members (excludes halogenated alkanes) is 12. The summed E-state index contributed by atoms with van der Waals surface area (Å²) in [6.07, 6.45) is 16.1. The summed E-state index contributed by atoms with van der Waals surface area (Å²) in [5.41, 5.74) is 0. The Morgan fingerprint density at radius 1 is 0.633 bits per heavy atom. The van der Waals surface area contributed by atoms with Gasteiger partial charge in [0.1, 0.15) is 24.4 Å². The highest BCUT2D eigenvalue weighted by atomic mass is 16.5. The Balaban J connectivity index is 3.37. The number of aliphatic hydroxyl groups is 5. The van der Waals surface area contributed by atoms with Gasteiger partial charge in [0.15, 0.2) is 0 Å². The molecular weight excluding hydrogens is 384 g/mol. The van der Waals surface area contributed by atoms with Crippen molar-refractivity contribution in [2.45, 2.75) is 121 Å². The monoisotopic (exact) mass is 432 g/mol. The van der Waals surface area contributed by atoms with Gasteiger partial charge >= 0.3 is 0 Å². The lowest BCUT2D eigenvalue weighted by atomic mass is 10.0. The first-order chi connectivity index (χ1) is 14.5. The SMILES string of the molecule is CCCCCCCCC=CCCCCCCCCOC[C@H](O)[C@@H](O)[C@H](O)[C@H](O)CO. The average molecular weight is 433 g/mol. The second-order valence-electron chi connectivity index (χ2n) is 8.31. The van der Waals surface area contributed by atoms with E-state index < -0.39 is 31.0 Å². The molecule has 30 heavy (non-hydrogen) atoms. The van der Waals surface area contributed by atoms with Crippen molar-refractivity contribution in [3.63, 3.8) is 0 Å². The second kappa shape index (κ2) is 21.7. The predicted molar refractivity (Wildman–Crippen MR) is 121 cm³/mol. The fourth-order valence-electron chi connectivity index (χ4n) is 3.32. The number of ether oxygens (including phenoxy) is 1. The van der Waals surface area contributed by atoms with E-state index in [9.17, 15) is 20.4 Å². The van der Waals surface area contributed by atoms with Gasteiger partial charge in [-0.2, -0.15) is 0 Å². The van der Waals surface area contributed by atoms with Crippen molar-refractivity contribution < 1.29 is 30.3 Å². The molecule has 0 aromatic rings. The summed E-state index contributed by atoms with van der Waals surface area (Å²) >= 11 is 0. The summed E-state index contributed by atoms with van der Waals surface area (Å²) in [7, 11) is 0. The van der Waals surface area contributed by atoms with E-state index in [2.05, 4.69) is 19.1 Å². The fourth-order valence-corrected chi connectivity index (χ4v) is 3.32. The molecule has 0 aromatic heterocycles. The molecule has 0 aliphatic carbocycles. The maximum atomic E-state index is 9.73. The van der Waals surface area contributed by atoms with E-state index in [-0.39, 0.29) is 6.61 Å². The molecule has 0 saturated heterocycles. The first kappa shape index (κ1) is 29.5. The molecule has 4 atom stereocenters. The highest BCUT2D eigenvalue weighted by Gasteiger charge is 2.29. The van der Waals surface area contributed by atoms with Crippen LogP contribution < -0.4 is 0 Å². The molecule has 0 amide bonds. The smallest absolute Gasteiger partial charge is 0.111 e. The topological polar surface area (TPSA) is 110 Å². The maximum absolute atomic E-state index is 9.73. The molecule has 5 N–H and O–H groups in total. The zero-order chi connectivity index (χ0) is 22.5. The Labute approximate surface area is 184 Å². The van der Waals surface area contributed by atoms with Crippen LogP contribution in [0.4, 0.5) is 0 Å². The molecule has 0 saturated carbocycles. The summed E-state index contributed by atoms with van der Waals surface area (Å²) in [4.78, 5) is 0. The molecule has 180 valence electrons. The number of hydrogen-bond acceptors (Lipinski definition) is 6. The number of allylic oxidation sites excluding steroid dienone is 2. The Morgan fingerprint density at radius 2 is 1.10 bits per heavy atom. The molecule has 6 heteroatoms. The van der Waals surface area contributed by atoms with Gasteiger partial charge in [-0.1, -0.05) is 76.9 Å². The third kappa shape index (κ3) is 17.2. The van der Waals surface area contributed by atoms with E-state index in [1.54, 1.807) is 0 Å². The third-order valence-corrected chi connectivity index (χ3v) is 5.41. The zero-order valence-corrected chi connectivity index (χ0v) is 19.1. The maximum Gasteiger partial charge on any atom is 0.111 e. The van der Waals surface area contributed by atoms with E-state index in [1.807, 2.05) is 0 Å². The van der Waals surface area contributed by atoms with Gasteiger partial charge in [0.05, 0.1) is 13.2 Å². The van der Waals surface area contributed by atoms with Crippen LogP contribution in [0.2, 0.25) is 0 Å². The molecule has 6 nitrogen and oxygen atoms in total. The van der Waals surface area contributed by atoms with Crippen LogP contribution >= 0.6 is 0 Å².